The Morgan fingerprint density at radius 2 is 0.500 bits per heavy atom. The first-order valence-electron chi connectivity index (χ1n) is 33.6. The maximum Gasteiger partial charge on any atom is 0.306 e. The lowest BCUT2D eigenvalue weighted by Crippen LogP contribution is -2.30. The van der Waals surface area contributed by atoms with E-state index in [0.717, 1.165) is 96.3 Å². The SMILES string of the molecule is CC/C=C\C/C=C\C/C=C\C/C=C\C/C=C\C/C=C\CCCCC(=O)OCC(COC(=O)CCCCCCCCC/C=C\CCCCCCCCC)OC(=O)CCCCCCCCCCCCCCCCCCCCCCC. The van der Waals surface area contributed by atoms with Crippen molar-refractivity contribution in [1.29, 1.82) is 0 Å². The van der Waals surface area contributed by atoms with Gasteiger partial charge >= 0.3 is 17.9 Å². The number of esters is 3. The zero-order valence-corrected chi connectivity index (χ0v) is 51.7. The fraction of sp³-hybridized carbons (Fsp3) is 0.764. The van der Waals surface area contributed by atoms with Crippen molar-refractivity contribution in [3.05, 3.63) is 85.1 Å². The monoisotopic (exact) mass is 1090 g/mol. The first-order valence-corrected chi connectivity index (χ1v) is 33.6. The van der Waals surface area contributed by atoms with Crippen LogP contribution in [0.4, 0.5) is 0 Å². The van der Waals surface area contributed by atoms with Gasteiger partial charge in [0.1, 0.15) is 13.2 Å². The molecule has 450 valence electrons. The van der Waals surface area contributed by atoms with Crippen LogP contribution in [0.5, 0.6) is 0 Å². The summed E-state index contributed by atoms with van der Waals surface area (Å²) < 4.78 is 16.9. The quantitative estimate of drug-likeness (QED) is 0.0261. The molecule has 0 aliphatic carbocycles. The van der Waals surface area contributed by atoms with E-state index in [-0.39, 0.29) is 31.1 Å². The number of hydrogen-bond acceptors (Lipinski definition) is 6. The summed E-state index contributed by atoms with van der Waals surface area (Å²) in [5.41, 5.74) is 0. The summed E-state index contributed by atoms with van der Waals surface area (Å²) in [5, 5.41) is 0. The second-order valence-electron chi connectivity index (χ2n) is 22.4. The molecular weight excluding hydrogens is 961 g/mol. The van der Waals surface area contributed by atoms with E-state index in [4.69, 9.17) is 14.2 Å². The Balaban J connectivity index is 4.43. The minimum absolute atomic E-state index is 0.0899. The normalized spacial score (nSPS) is 12.6. The van der Waals surface area contributed by atoms with Crippen LogP contribution in [0, 0.1) is 0 Å². The molecule has 6 nitrogen and oxygen atoms in total. The molecule has 0 aromatic heterocycles. The van der Waals surface area contributed by atoms with E-state index in [9.17, 15) is 14.4 Å². The summed E-state index contributed by atoms with van der Waals surface area (Å²) >= 11 is 0. The molecule has 1 unspecified atom stereocenters. The van der Waals surface area contributed by atoms with Crippen molar-refractivity contribution in [2.75, 3.05) is 13.2 Å². The summed E-state index contributed by atoms with van der Waals surface area (Å²) in [6.07, 6.45) is 87.4. The topological polar surface area (TPSA) is 78.9 Å². The second kappa shape index (κ2) is 66.1. The summed E-state index contributed by atoms with van der Waals surface area (Å²) in [5.74, 6) is -0.921. The highest BCUT2D eigenvalue weighted by Crippen LogP contribution is 2.17. The van der Waals surface area contributed by atoms with E-state index in [1.807, 2.05) is 0 Å². The summed E-state index contributed by atoms with van der Waals surface area (Å²) in [4.78, 5) is 38.4. The molecule has 0 radical (unpaired) electrons. The molecule has 0 aliphatic heterocycles. The van der Waals surface area contributed by atoms with Gasteiger partial charge in [-0.05, 0) is 96.3 Å². The Morgan fingerprint density at radius 1 is 0.269 bits per heavy atom. The summed E-state index contributed by atoms with van der Waals surface area (Å²) in [6.45, 7) is 6.53. The molecule has 78 heavy (non-hydrogen) atoms. The molecule has 0 saturated carbocycles. The van der Waals surface area contributed by atoms with Gasteiger partial charge in [0, 0.05) is 19.3 Å². The van der Waals surface area contributed by atoms with E-state index in [2.05, 4.69) is 106 Å². The van der Waals surface area contributed by atoms with Gasteiger partial charge in [-0.15, -0.1) is 0 Å². The zero-order chi connectivity index (χ0) is 56.4. The molecule has 0 bridgehead atoms. The van der Waals surface area contributed by atoms with Gasteiger partial charge in [-0.25, -0.2) is 0 Å². The highest BCUT2D eigenvalue weighted by molar-refractivity contribution is 5.71. The predicted octanol–water partition coefficient (Wildman–Crippen LogP) is 23.1. The third-order valence-corrected chi connectivity index (χ3v) is 14.6. The molecular formula is C72H126O6. The van der Waals surface area contributed by atoms with E-state index in [1.54, 1.807) is 0 Å². The van der Waals surface area contributed by atoms with Crippen molar-refractivity contribution in [3.63, 3.8) is 0 Å². The van der Waals surface area contributed by atoms with Crippen LogP contribution in [0.1, 0.15) is 335 Å². The fourth-order valence-electron chi connectivity index (χ4n) is 9.62. The van der Waals surface area contributed by atoms with Gasteiger partial charge in [0.2, 0.25) is 0 Å². The molecule has 0 heterocycles. The van der Waals surface area contributed by atoms with Crippen LogP contribution in [-0.4, -0.2) is 37.2 Å². The predicted molar refractivity (Wildman–Crippen MR) is 339 cm³/mol. The van der Waals surface area contributed by atoms with Crippen LogP contribution in [0.3, 0.4) is 0 Å². The lowest BCUT2D eigenvalue weighted by Gasteiger charge is -2.18. The number of hydrogen-bond donors (Lipinski definition) is 0. The third-order valence-electron chi connectivity index (χ3n) is 14.6. The van der Waals surface area contributed by atoms with Crippen LogP contribution in [0.25, 0.3) is 0 Å². The largest absolute Gasteiger partial charge is 0.462 e. The van der Waals surface area contributed by atoms with E-state index in [1.165, 1.54) is 199 Å². The minimum atomic E-state index is -0.797. The van der Waals surface area contributed by atoms with Crippen LogP contribution in [-0.2, 0) is 28.6 Å². The maximum atomic E-state index is 12.9. The fourth-order valence-corrected chi connectivity index (χ4v) is 9.62. The van der Waals surface area contributed by atoms with Gasteiger partial charge in [-0.2, -0.15) is 0 Å². The molecule has 0 spiro atoms. The number of carbonyl (C=O) groups excluding carboxylic acids is 3. The smallest absolute Gasteiger partial charge is 0.306 e. The molecule has 0 aromatic carbocycles. The Kier molecular flexibility index (Phi) is 63.2. The van der Waals surface area contributed by atoms with Crippen molar-refractivity contribution in [1.82, 2.24) is 0 Å². The Morgan fingerprint density at radius 3 is 0.821 bits per heavy atom. The van der Waals surface area contributed by atoms with E-state index in [0.29, 0.717) is 19.3 Å². The number of unbranched alkanes of at least 4 members (excludes halogenated alkanes) is 36. The number of ether oxygens (including phenoxy) is 3. The number of rotatable bonds is 61. The van der Waals surface area contributed by atoms with Gasteiger partial charge in [0.15, 0.2) is 6.10 Å². The van der Waals surface area contributed by atoms with Gasteiger partial charge in [0.25, 0.3) is 0 Å². The summed E-state index contributed by atoms with van der Waals surface area (Å²) in [7, 11) is 0. The van der Waals surface area contributed by atoms with Crippen LogP contribution >= 0.6 is 0 Å². The molecule has 0 fully saturated rings. The first-order chi connectivity index (χ1) is 38.5. The van der Waals surface area contributed by atoms with Crippen molar-refractivity contribution in [2.24, 2.45) is 0 Å². The molecule has 0 rings (SSSR count). The second-order valence-corrected chi connectivity index (χ2v) is 22.4. The first kappa shape index (κ1) is 74.6. The van der Waals surface area contributed by atoms with Gasteiger partial charge in [0.05, 0.1) is 0 Å². The Bertz CT molecular complexity index is 1480. The van der Waals surface area contributed by atoms with Crippen LogP contribution in [0.15, 0.2) is 85.1 Å². The number of carbonyl (C=O) groups is 3. The average Bonchev–Trinajstić information content (AvgIpc) is 3.44. The maximum absolute atomic E-state index is 12.9. The molecule has 0 aliphatic rings. The van der Waals surface area contributed by atoms with Gasteiger partial charge < -0.3 is 14.2 Å². The molecule has 0 N–H and O–H groups in total. The van der Waals surface area contributed by atoms with E-state index < -0.39 is 6.10 Å². The van der Waals surface area contributed by atoms with Gasteiger partial charge in [-0.3, -0.25) is 14.4 Å². The molecule has 6 heteroatoms. The average molecular weight is 1090 g/mol. The molecule has 0 aromatic rings. The highest BCUT2D eigenvalue weighted by atomic mass is 16.6. The lowest BCUT2D eigenvalue weighted by atomic mass is 10.0. The Labute approximate surface area is 484 Å². The number of allylic oxidation sites excluding steroid dienone is 14. The standard InChI is InChI=1S/C72H126O6/c1-4-7-10-13-16-19-22-25-28-31-34-36-38-41-44-47-50-53-56-59-62-65-71(74)77-68-69(67-76-70(73)64-61-58-55-52-49-46-43-40-33-30-27-24-21-18-15-12-9-6-3)78-72(75)66-63-60-57-54-51-48-45-42-39-37-35-32-29-26-23-20-17-14-11-8-5-2/h7,10,16,19,25,28,30,33-34,36,41,44,50,53,69H,4-6,8-9,11-15,17-18,20-24,26-27,29,31-32,35,37-40,42-43,45-49,51-52,54-68H2,1-3H3/b10-7-,19-16-,28-25-,33-30-,36-34-,44-41-,53-50-. The van der Waals surface area contributed by atoms with Gasteiger partial charge in [-0.1, -0.05) is 305 Å². The van der Waals surface area contributed by atoms with Crippen molar-refractivity contribution in [3.8, 4) is 0 Å². The van der Waals surface area contributed by atoms with Crippen molar-refractivity contribution in [2.45, 2.75) is 341 Å². The Hall–Kier alpha value is -3.41. The minimum Gasteiger partial charge on any atom is -0.462 e. The van der Waals surface area contributed by atoms with Crippen LogP contribution < -0.4 is 0 Å². The molecule has 0 amide bonds. The summed E-state index contributed by atoms with van der Waals surface area (Å²) in [6, 6.07) is 0. The lowest BCUT2D eigenvalue weighted by molar-refractivity contribution is -0.167. The van der Waals surface area contributed by atoms with E-state index >= 15 is 0 Å². The highest BCUT2D eigenvalue weighted by Gasteiger charge is 2.19. The zero-order valence-electron chi connectivity index (χ0n) is 51.7. The van der Waals surface area contributed by atoms with Crippen LogP contribution in [0.2, 0.25) is 0 Å². The van der Waals surface area contributed by atoms with Crippen molar-refractivity contribution < 1.29 is 28.6 Å². The van der Waals surface area contributed by atoms with Crippen molar-refractivity contribution >= 4 is 17.9 Å². The molecule has 1 atom stereocenters. The molecule has 0 saturated heterocycles. The third kappa shape index (κ3) is 63.4.